The molecule has 0 amide bonds. The molecule has 0 radical (unpaired) electrons. The zero-order valence-electron chi connectivity index (χ0n) is 9.26. The van der Waals surface area contributed by atoms with Crippen molar-refractivity contribution >= 4 is 0 Å². The normalized spacial score (nSPS) is 30.2. The zero-order chi connectivity index (χ0) is 11.3. The lowest BCUT2D eigenvalue weighted by molar-refractivity contribution is -0.00483. The molecular weight excluding hydrogens is 200 g/mol. The molecule has 15 heavy (non-hydrogen) atoms. The summed E-state index contributed by atoms with van der Waals surface area (Å²) in [4.78, 5) is 0. The van der Waals surface area contributed by atoms with Crippen LogP contribution in [-0.4, -0.2) is 30.2 Å². The Bertz CT molecular complexity index is 178. The minimum Gasteiger partial charge on any atom is -0.386 e. The van der Waals surface area contributed by atoms with E-state index in [1.54, 1.807) is 0 Å². The molecule has 4 heteroatoms. The van der Waals surface area contributed by atoms with Gasteiger partial charge in [0.1, 0.15) is 6.10 Å². The first-order chi connectivity index (χ1) is 7.09. The third-order valence-corrected chi connectivity index (χ3v) is 3.16. The molecule has 3 unspecified atom stereocenters. The van der Waals surface area contributed by atoms with Crippen molar-refractivity contribution in [1.82, 2.24) is 5.32 Å². The second kappa shape index (κ2) is 6.38. The Morgan fingerprint density at radius 1 is 1.27 bits per heavy atom. The predicted molar refractivity (Wildman–Crippen MR) is 56.1 cm³/mol. The Balaban J connectivity index is 2.20. The summed E-state index contributed by atoms with van der Waals surface area (Å²) in [5.74, 6) is 0.747. The van der Waals surface area contributed by atoms with Crippen LogP contribution in [0.3, 0.4) is 0 Å². The third kappa shape index (κ3) is 4.89. The van der Waals surface area contributed by atoms with E-state index in [1.807, 2.05) is 0 Å². The van der Waals surface area contributed by atoms with Gasteiger partial charge in [-0.3, -0.25) is 0 Å². The maximum atomic E-state index is 12.0. The van der Waals surface area contributed by atoms with Gasteiger partial charge >= 0.3 is 0 Å². The van der Waals surface area contributed by atoms with E-state index < -0.39 is 12.5 Å². The van der Waals surface area contributed by atoms with E-state index in [1.165, 1.54) is 6.42 Å². The molecule has 0 bridgehead atoms. The van der Waals surface area contributed by atoms with Crippen molar-refractivity contribution < 1.29 is 13.9 Å². The highest BCUT2D eigenvalue weighted by Gasteiger charge is 2.20. The zero-order valence-corrected chi connectivity index (χ0v) is 9.26. The minimum atomic E-state index is -2.64. The van der Waals surface area contributed by atoms with Gasteiger partial charge in [0.15, 0.2) is 0 Å². The molecule has 0 aromatic carbocycles. The molecule has 0 saturated heterocycles. The van der Waals surface area contributed by atoms with Crippen molar-refractivity contribution in [2.24, 2.45) is 5.92 Å². The largest absolute Gasteiger partial charge is 0.386 e. The molecule has 0 spiro atoms. The van der Waals surface area contributed by atoms with Gasteiger partial charge in [-0.2, -0.15) is 0 Å². The molecule has 0 heterocycles. The maximum Gasteiger partial charge on any atom is 0.265 e. The fourth-order valence-electron chi connectivity index (χ4n) is 2.07. The van der Waals surface area contributed by atoms with Crippen LogP contribution in [0.25, 0.3) is 0 Å². The van der Waals surface area contributed by atoms with E-state index in [0.717, 1.165) is 31.6 Å². The SMILES string of the molecule is CC1CCCC(NCC(O)C(F)F)CC1. The van der Waals surface area contributed by atoms with Crippen LogP contribution < -0.4 is 5.32 Å². The lowest BCUT2D eigenvalue weighted by atomic mass is 10.0. The molecule has 2 nitrogen and oxygen atoms in total. The molecule has 3 atom stereocenters. The second-order valence-electron chi connectivity index (χ2n) is 4.62. The highest BCUT2D eigenvalue weighted by atomic mass is 19.3. The van der Waals surface area contributed by atoms with E-state index in [-0.39, 0.29) is 6.54 Å². The predicted octanol–water partition coefficient (Wildman–Crippen LogP) is 2.17. The Morgan fingerprint density at radius 3 is 2.67 bits per heavy atom. The Labute approximate surface area is 90.1 Å². The summed E-state index contributed by atoms with van der Waals surface area (Å²) in [6.07, 6.45) is 1.46. The van der Waals surface area contributed by atoms with Crippen LogP contribution in [0.5, 0.6) is 0 Å². The topological polar surface area (TPSA) is 32.3 Å². The Kier molecular flexibility index (Phi) is 5.47. The lowest BCUT2D eigenvalue weighted by Gasteiger charge is -2.18. The van der Waals surface area contributed by atoms with E-state index in [0.29, 0.717) is 6.04 Å². The molecule has 0 aromatic rings. The second-order valence-corrected chi connectivity index (χ2v) is 4.62. The smallest absolute Gasteiger partial charge is 0.265 e. The van der Waals surface area contributed by atoms with Crippen LogP contribution >= 0.6 is 0 Å². The summed E-state index contributed by atoms with van der Waals surface area (Å²) >= 11 is 0. The van der Waals surface area contributed by atoms with Gasteiger partial charge in [-0.25, -0.2) is 8.78 Å². The molecular formula is C11H21F2NO. The number of alkyl halides is 2. The monoisotopic (exact) mass is 221 g/mol. The lowest BCUT2D eigenvalue weighted by Crippen LogP contribution is -2.38. The van der Waals surface area contributed by atoms with Crippen molar-refractivity contribution in [3.63, 3.8) is 0 Å². The Morgan fingerprint density at radius 2 is 2.00 bits per heavy atom. The first kappa shape index (κ1) is 12.8. The van der Waals surface area contributed by atoms with Crippen LogP contribution in [0.1, 0.15) is 39.0 Å². The van der Waals surface area contributed by atoms with Crippen LogP contribution in [0.4, 0.5) is 8.78 Å². The van der Waals surface area contributed by atoms with E-state index in [2.05, 4.69) is 12.2 Å². The van der Waals surface area contributed by atoms with E-state index in [4.69, 9.17) is 5.11 Å². The average Bonchev–Trinajstić information content (AvgIpc) is 2.39. The van der Waals surface area contributed by atoms with Gasteiger partial charge in [-0.05, 0) is 25.2 Å². The number of rotatable bonds is 4. The van der Waals surface area contributed by atoms with Crippen LogP contribution in [0, 0.1) is 5.92 Å². The van der Waals surface area contributed by atoms with Crippen LogP contribution in [0.15, 0.2) is 0 Å². The van der Waals surface area contributed by atoms with E-state index in [9.17, 15) is 8.78 Å². The first-order valence-corrected chi connectivity index (χ1v) is 5.79. The first-order valence-electron chi connectivity index (χ1n) is 5.79. The maximum absolute atomic E-state index is 12.0. The van der Waals surface area contributed by atoms with Crippen molar-refractivity contribution in [1.29, 1.82) is 0 Å². The number of nitrogens with one attached hydrogen (secondary N) is 1. The summed E-state index contributed by atoms with van der Waals surface area (Å²) in [6.45, 7) is 2.24. The van der Waals surface area contributed by atoms with Gasteiger partial charge in [0.25, 0.3) is 6.43 Å². The third-order valence-electron chi connectivity index (χ3n) is 3.16. The Hall–Kier alpha value is -0.220. The number of aliphatic hydroxyl groups is 1. The fourth-order valence-corrected chi connectivity index (χ4v) is 2.07. The average molecular weight is 221 g/mol. The van der Waals surface area contributed by atoms with Gasteiger partial charge in [-0.15, -0.1) is 0 Å². The standard InChI is InChI=1S/C11H21F2NO/c1-8-3-2-4-9(6-5-8)14-7-10(15)11(12)13/h8-11,14-15H,2-7H2,1H3. The molecule has 0 aromatic heterocycles. The van der Waals surface area contributed by atoms with Crippen molar-refractivity contribution in [2.45, 2.75) is 57.6 Å². The summed E-state index contributed by atoms with van der Waals surface area (Å²) in [5, 5.41) is 12.0. The minimum absolute atomic E-state index is 0.0106. The van der Waals surface area contributed by atoms with Gasteiger partial charge < -0.3 is 10.4 Å². The van der Waals surface area contributed by atoms with Crippen molar-refractivity contribution in [3.05, 3.63) is 0 Å². The molecule has 1 rings (SSSR count). The summed E-state index contributed by atoms with van der Waals surface area (Å²) in [7, 11) is 0. The number of hydrogen-bond donors (Lipinski definition) is 2. The van der Waals surface area contributed by atoms with Crippen LogP contribution in [0.2, 0.25) is 0 Å². The highest BCUT2D eigenvalue weighted by molar-refractivity contribution is 4.75. The summed E-state index contributed by atoms with van der Waals surface area (Å²) in [5.41, 5.74) is 0. The number of halogens is 2. The molecule has 1 aliphatic rings. The van der Waals surface area contributed by atoms with Crippen molar-refractivity contribution in [2.75, 3.05) is 6.54 Å². The van der Waals surface area contributed by atoms with Crippen LogP contribution in [-0.2, 0) is 0 Å². The van der Waals surface area contributed by atoms with E-state index >= 15 is 0 Å². The quantitative estimate of drug-likeness (QED) is 0.713. The molecule has 1 fully saturated rings. The van der Waals surface area contributed by atoms with Gasteiger partial charge in [0, 0.05) is 12.6 Å². The molecule has 90 valence electrons. The van der Waals surface area contributed by atoms with Gasteiger partial charge in [0.2, 0.25) is 0 Å². The molecule has 1 aliphatic carbocycles. The highest BCUT2D eigenvalue weighted by Crippen LogP contribution is 2.22. The molecule has 0 aliphatic heterocycles. The number of hydrogen-bond acceptors (Lipinski definition) is 2. The summed E-state index contributed by atoms with van der Waals surface area (Å²) in [6, 6.07) is 0.309. The number of aliphatic hydroxyl groups excluding tert-OH is 1. The molecule has 1 saturated carbocycles. The fraction of sp³-hybridized carbons (Fsp3) is 1.00. The molecule has 2 N–H and O–H groups in total. The van der Waals surface area contributed by atoms with Gasteiger partial charge in [-0.1, -0.05) is 19.8 Å². The van der Waals surface area contributed by atoms with Gasteiger partial charge in [0.05, 0.1) is 0 Å². The van der Waals surface area contributed by atoms with Crippen molar-refractivity contribution in [3.8, 4) is 0 Å². The summed E-state index contributed by atoms with van der Waals surface area (Å²) < 4.78 is 24.1.